The summed E-state index contributed by atoms with van der Waals surface area (Å²) in [4.78, 5) is 19.7. The quantitative estimate of drug-likeness (QED) is 0.860. The zero-order valence-corrected chi connectivity index (χ0v) is 13.1. The Labute approximate surface area is 130 Å². The molecule has 0 radical (unpaired) electrons. The maximum Gasteiger partial charge on any atom is 0.316 e. The van der Waals surface area contributed by atoms with Crippen LogP contribution in [0.25, 0.3) is 0 Å². The lowest BCUT2D eigenvalue weighted by Gasteiger charge is -2.32. The van der Waals surface area contributed by atoms with E-state index in [0.29, 0.717) is 11.9 Å². The summed E-state index contributed by atoms with van der Waals surface area (Å²) in [7, 11) is 1.58. The van der Waals surface area contributed by atoms with Crippen molar-refractivity contribution in [2.75, 3.05) is 20.2 Å². The number of nitrogens with zero attached hydrogens (tertiary/aromatic N) is 5. The molecule has 1 atom stereocenters. The van der Waals surface area contributed by atoms with Crippen LogP contribution in [0.4, 0.5) is 0 Å². The van der Waals surface area contributed by atoms with Crippen molar-refractivity contribution in [3.63, 3.8) is 0 Å². The van der Waals surface area contributed by atoms with E-state index in [0.717, 1.165) is 36.6 Å². The fourth-order valence-electron chi connectivity index (χ4n) is 2.91. The van der Waals surface area contributed by atoms with Gasteiger partial charge in [0.05, 0.1) is 18.5 Å². The van der Waals surface area contributed by atoms with Gasteiger partial charge in [-0.1, -0.05) is 0 Å². The Kier molecular flexibility index (Phi) is 4.58. The topological polar surface area (TPSA) is 64.0 Å². The average molecular weight is 299 g/mol. The minimum atomic E-state index is 0.412. The minimum absolute atomic E-state index is 0.412. The second kappa shape index (κ2) is 6.79. The lowest BCUT2D eigenvalue weighted by atomic mass is 9.94. The van der Waals surface area contributed by atoms with Gasteiger partial charge in [0.15, 0.2) is 0 Å². The standard InChI is InChI=1S/C16H21N5O/c1-12-6-17-9-15(20-12)14-4-3-5-21(11-14)10-13-7-18-16(22-2)19-8-13/h6-9,14H,3-5,10-11H2,1-2H3. The zero-order chi connectivity index (χ0) is 15.4. The molecule has 0 saturated carbocycles. The molecule has 0 amide bonds. The van der Waals surface area contributed by atoms with Crippen molar-refractivity contribution in [3.05, 3.63) is 41.7 Å². The average Bonchev–Trinajstić information content (AvgIpc) is 2.56. The van der Waals surface area contributed by atoms with Gasteiger partial charge in [-0.25, -0.2) is 9.97 Å². The van der Waals surface area contributed by atoms with Gasteiger partial charge in [0.1, 0.15) is 0 Å². The van der Waals surface area contributed by atoms with Crippen LogP contribution in [0.5, 0.6) is 6.01 Å². The summed E-state index contributed by atoms with van der Waals surface area (Å²) in [6, 6.07) is 0.412. The number of hydrogen-bond donors (Lipinski definition) is 0. The van der Waals surface area contributed by atoms with Gasteiger partial charge < -0.3 is 4.74 Å². The van der Waals surface area contributed by atoms with E-state index in [1.807, 2.05) is 25.5 Å². The highest BCUT2D eigenvalue weighted by atomic mass is 16.5. The number of hydrogen-bond acceptors (Lipinski definition) is 6. The van der Waals surface area contributed by atoms with Crippen molar-refractivity contribution in [2.45, 2.75) is 32.2 Å². The smallest absolute Gasteiger partial charge is 0.316 e. The predicted molar refractivity (Wildman–Crippen MR) is 82.6 cm³/mol. The van der Waals surface area contributed by atoms with Crippen molar-refractivity contribution >= 4 is 0 Å². The molecule has 1 fully saturated rings. The van der Waals surface area contributed by atoms with Crippen LogP contribution in [0.2, 0.25) is 0 Å². The van der Waals surface area contributed by atoms with Gasteiger partial charge in [0.2, 0.25) is 0 Å². The number of aryl methyl sites for hydroxylation is 1. The number of likely N-dealkylation sites (tertiary alicyclic amines) is 1. The molecule has 0 aromatic carbocycles. The third-order valence-corrected chi connectivity index (χ3v) is 3.97. The molecule has 6 heteroatoms. The second-order valence-electron chi connectivity index (χ2n) is 5.74. The van der Waals surface area contributed by atoms with Gasteiger partial charge >= 0.3 is 6.01 Å². The maximum absolute atomic E-state index is 4.99. The minimum Gasteiger partial charge on any atom is -0.467 e. The van der Waals surface area contributed by atoms with Crippen LogP contribution in [0.1, 0.15) is 35.7 Å². The highest BCUT2D eigenvalue weighted by Gasteiger charge is 2.22. The summed E-state index contributed by atoms with van der Waals surface area (Å²) in [5.74, 6) is 0.459. The molecule has 6 nitrogen and oxygen atoms in total. The molecule has 1 aliphatic rings. The first-order valence-corrected chi connectivity index (χ1v) is 7.60. The van der Waals surface area contributed by atoms with Crippen molar-refractivity contribution in [1.29, 1.82) is 0 Å². The molecule has 3 heterocycles. The SMILES string of the molecule is COc1ncc(CN2CCCC(c3cncc(C)n3)C2)cn1. The normalized spacial score (nSPS) is 19.1. The third-order valence-electron chi connectivity index (χ3n) is 3.97. The molecule has 1 aliphatic heterocycles. The second-order valence-corrected chi connectivity index (χ2v) is 5.74. The Hall–Kier alpha value is -2.08. The van der Waals surface area contributed by atoms with E-state index in [4.69, 9.17) is 4.74 Å². The van der Waals surface area contributed by atoms with Gasteiger partial charge in [0, 0.05) is 49.4 Å². The largest absolute Gasteiger partial charge is 0.467 e. The molecule has 0 bridgehead atoms. The van der Waals surface area contributed by atoms with E-state index < -0.39 is 0 Å². The molecule has 116 valence electrons. The molecule has 2 aromatic heterocycles. The van der Waals surface area contributed by atoms with E-state index in [2.05, 4.69) is 24.8 Å². The lowest BCUT2D eigenvalue weighted by molar-refractivity contribution is 0.197. The summed E-state index contributed by atoms with van der Waals surface area (Å²) in [6.07, 6.45) is 9.73. The maximum atomic E-state index is 4.99. The molecule has 0 aliphatic carbocycles. The Morgan fingerprint density at radius 2 is 2.05 bits per heavy atom. The number of methoxy groups -OCH3 is 1. The van der Waals surface area contributed by atoms with Crippen LogP contribution in [0.15, 0.2) is 24.8 Å². The van der Waals surface area contributed by atoms with Gasteiger partial charge in [-0.15, -0.1) is 0 Å². The highest BCUT2D eigenvalue weighted by molar-refractivity contribution is 5.11. The Morgan fingerprint density at radius 3 is 2.77 bits per heavy atom. The predicted octanol–water partition coefficient (Wildman–Crippen LogP) is 1.96. The van der Waals surface area contributed by atoms with E-state index >= 15 is 0 Å². The van der Waals surface area contributed by atoms with Gasteiger partial charge in [0.25, 0.3) is 0 Å². The Balaban J connectivity index is 1.65. The lowest BCUT2D eigenvalue weighted by Crippen LogP contribution is -2.34. The van der Waals surface area contributed by atoms with E-state index in [9.17, 15) is 0 Å². The first-order chi connectivity index (χ1) is 10.7. The van der Waals surface area contributed by atoms with Crippen LogP contribution >= 0.6 is 0 Å². The molecule has 0 N–H and O–H groups in total. The molecule has 0 spiro atoms. The molecule has 2 aromatic rings. The summed E-state index contributed by atoms with van der Waals surface area (Å²) in [5, 5.41) is 0. The fraction of sp³-hybridized carbons (Fsp3) is 0.500. The van der Waals surface area contributed by atoms with Crippen molar-refractivity contribution in [1.82, 2.24) is 24.8 Å². The van der Waals surface area contributed by atoms with Crippen LogP contribution in [0.3, 0.4) is 0 Å². The molecule has 1 unspecified atom stereocenters. The highest BCUT2D eigenvalue weighted by Crippen LogP contribution is 2.26. The molecule has 22 heavy (non-hydrogen) atoms. The number of rotatable bonds is 4. The fourth-order valence-corrected chi connectivity index (χ4v) is 2.91. The third kappa shape index (κ3) is 3.57. The first kappa shape index (κ1) is 14.8. The zero-order valence-electron chi connectivity index (χ0n) is 13.1. The number of ether oxygens (including phenoxy) is 1. The molecule has 3 rings (SSSR count). The summed E-state index contributed by atoms with van der Waals surface area (Å²) in [6.45, 7) is 4.96. The number of aromatic nitrogens is 4. The molecule has 1 saturated heterocycles. The van der Waals surface area contributed by atoms with Crippen LogP contribution in [0, 0.1) is 6.92 Å². The van der Waals surface area contributed by atoms with Crippen LogP contribution in [-0.4, -0.2) is 45.0 Å². The summed E-state index contributed by atoms with van der Waals surface area (Å²) >= 11 is 0. The van der Waals surface area contributed by atoms with Crippen LogP contribution < -0.4 is 4.74 Å². The summed E-state index contributed by atoms with van der Waals surface area (Å²) < 4.78 is 4.99. The van der Waals surface area contributed by atoms with Crippen molar-refractivity contribution in [2.24, 2.45) is 0 Å². The summed E-state index contributed by atoms with van der Waals surface area (Å²) in [5.41, 5.74) is 3.20. The van der Waals surface area contributed by atoms with Gasteiger partial charge in [-0.2, -0.15) is 0 Å². The Bertz CT molecular complexity index is 616. The van der Waals surface area contributed by atoms with E-state index in [1.165, 1.54) is 12.8 Å². The molecular weight excluding hydrogens is 278 g/mol. The van der Waals surface area contributed by atoms with Crippen molar-refractivity contribution in [3.8, 4) is 6.01 Å². The monoisotopic (exact) mass is 299 g/mol. The first-order valence-electron chi connectivity index (χ1n) is 7.60. The Morgan fingerprint density at radius 1 is 1.23 bits per heavy atom. The van der Waals surface area contributed by atoms with Crippen molar-refractivity contribution < 1.29 is 4.74 Å². The number of piperidine rings is 1. The van der Waals surface area contributed by atoms with Gasteiger partial charge in [-0.3, -0.25) is 14.9 Å². The van der Waals surface area contributed by atoms with E-state index in [1.54, 1.807) is 13.3 Å². The molecular formula is C16H21N5O. The van der Waals surface area contributed by atoms with Crippen LogP contribution in [-0.2, 0) is 6.54 Å². The van der Waals surface area contributed by atoms with Gasteiger partial charge in [-0.05, 0) is 26.3 Å². The van der Waals surface area contributed by atoms with E-state index in [-0.39, 0.29) is 0 Å².